The third-order valence-corrected chi connectivity index (χ3v) is 5.79. The number of aromatic amines is 1. The van der Waals surface area contributed by atoms with Crippen molar-refractivity contribution in [3.63, 3.8) is 0 Å². The minimum atomic E-state index is -0.564. The van der Waals surface area contributed by atoms with Crippen molar-refractivity contribution in [1.82, 2.24) is 24.3 Å². The summed E-state index contributed by atoms with van der Waals surface area (Å²) < 4.78 is 7.59. The molecule has 1 saturated carbocycles. The summed E-state index contributed by atoms with van der Waals surface area (Å²) in [4.78, 5) is 16.8. The predicted molar refractivity (Wildman–Crippen MR) is 111 cm³/mol. The van der Waals surface area contributed by atoms with Crippen LogP contribution in [0.4, 0.5) is 5.95 Å². The Morgan fingerprint density at radius 1 is 1.28 bits per heavy atom. The molecule has 0 radical (unpaired) electrons. The van der Waals surface area contributed by atoms with Crippen molar-refractivity contribution in [2.24, 2.45) is 0 Å². The van der Waals surface area contributed by atoms with Gasteiger partial charge in [0.15, 0.2) is 0 Å². The van der Waals surface area contributed by atoms with Gasteiger partial charge in [0.25, 0.3) is 0 Å². The zero-order valence-corrected chi connectivity index (χ0v) is 16.5. The first kappa shape index (κ1) is 17.9. The second-order valence-electron chi connectivity index (χ2n) is 8.01. The number of pyridine rings is 1. The van der Waals surface area contributed by atoms with E-state index in [1.807, 2.05) is 42.0 Å². The summed E-state index contributed by atoms with van der Waals surface area (Å²) in [6, 6.07) is 4.26. The van der Waals surface area contributed by atoms with Crippen LogP contribution in [0.2, 0.25) is 0 Å². The third kappa shape index (κ3) is 3.29. The average Bonchev–Trinajstić information content (AvgIpc) is 3.35. The van der Waals surface area contributed by atoms with Gasteiger partial charge in [0, 0.05) is 42.0 Å². The number of methoxy groups -OCH3 is 1. The lowest BCUT2D eigenvalue weighted by molar-refractivity contribution is 0.0195. The van der Waals surface area contributed by atoms with Crippen molar-refractivity contribution in [2.45, 2.75) is 44.2 Å². The maximum Gasteiger partial charge on any atom is 0.228 e. The van der Waals surface area contributed by atoms with Gasteiger partial charge in [-0.25, -0.2) is 4.98 Å². The highest BCUT2D eigenvalue weighted by molar-refractivity contribution is 5.97. The summed E-state index contributed by atoms with van der Waals surface area (Å²) in [5.74, 6) is 1.07. The topological polar surface area (TPSA) is 100 Å². The smallest absolute Gasteiger partial charge is 0.228 e. The maximum atomic E-state index is 10.2. The lowest BCUT2D eigenvalue weighted by Crippen LogP contribution is -2.36. The Morgan fingerprint density at radius 3 is 2.90 bits per heavy atom. The van der Waals surface area contributed by atoms with E-state index < -0.39 is 5.60 Å². The molecule has 150 valence electrons. The third-order valence-electron chi connectivity index (χ3n) is 5.79. The van der Waals surface area contributed by atoms with E-state index in [9.17, 15) is 5.11 Å². The lowest BCUT2D eigenvalue weighted by Gasteiger charge is -2.33. The Hall–Kier alpha value is -3.13. The fraction of sp³-hybridized carbons (Fsp3) is 0.381. The van der Waals surface area contributed by atoms with Crippen LogP contribution in [0, 0.1) is 0 Å². The first-order valence-electron chi connectivity index (χ1n) is 9.87. The molecular formula is C21H24N6O2. The van der Waals surface area contributed by atoms with Crippen molar-refractivity contribution < 1.29 is 9.84 Å². The summed E-state index contributed by atoms with van der Waals surface area (Å²) in [5.41, 5.74) is 3.06. The Bertz CT molecular complexity index is 1170. The molecule has 4 aromatic rings. The van der Waals surface area contributed by atoms with Gasteiger partial charge in [-0.05, 0) is 44.7 Å². The molecule has 0 amide bonds. The molecule has 0 atom stereocenters. The molecule has 0 aliphatic heterocycles. The SMILES string of the molecule is COc1nc(N[C@H]2CC[C@@](C)(O)CC2)nc2[nH]cc(-c3ccc4nccn4c3)c12. The average molecular weight is 392 g/mol. The number of anilines is 1. The minimum absolute atomic E-state index is 0.246. The second kappa shape index (κ2) is 6.73. The van der Waals surface area contributed by atoms with E-state index in [1.165, 1.54) is 0 Å². The van der Waals surface area contributed by atoms with Crippen LogP contribution in [-0.4, -0.2) is 48.2 Å². The fourth-order valence-corrected chi connectivity index (χ4v) is 4.09. The van der Waals surface area contributed by atoms with E-state index >= 15 is 0 Å². The molecule has 0 bridgehead atoms. The lowest BCUT2D eigenvalue weighted by atomic mass is 9.84. The van der Waals surface area contributed by atoms with Crippen LogP contribution in [0.5, 0.6) is 5.88 Å². The molecule has 0 unspecified atom stereocenters. The Morgan fingerprint density at radius 2 is 2.10 bits per heavy atom. The zero-order valence-electron chi connectivity index (χ0n) is 16.5. The van der Waals surface area contributed by atoms with E-state index in [4.69, 9.17) is 4.74 Å². The van der Waals surface area contributed by atoms with Crippen LogP contribution in [0.3, 0.4) is 0 Å². The largest absolute Gasteiger partial charge is 0.480 e. The highest BCUT2D eigenvalue weighted by Crippen LogP contribution is 2.35. The van der Waals surface area contributed by atoms with Gasteiger partial charge in [-0.2, -0.15) is 9.97 Å². The zero-order chi connectivity index (χ0) is 20.0. The molecule has 4 aromatic heterocycles. The van der Waals surface area contributed by atoms with E-state index in [0.717, 1.165) is 53.5 Å². The van der Waals surface area contributed by atoms with E-state index in [-0.39, 0.29) is 6.04 Å². The number of aliphatic hydroxyl groups is 1. The predicted octanol–water partition coefficient (Wildman–Crippen LogP) is 3.39. The number of imidazole rings is 1. The molecule has 0 aromatic carbocycles. The van der Waals surface area contributed by atoms with Crippen LogP contribution < -0.4 is 10.1 Å². The highest BCUT2D eigenvalue weighted by atomic mass is 16.5. The number of rotatable bonds is 4. The highest BCUT2D eigenvalue weighted by Gasteiger charge is 2.29. The molecule has 0 saturated heterocycles. The summed E-state index contributed by atoms with van der Waals surface area (Å²) in [6.07, 6.45) is 11.0. The second-order valence-corrected chi connectivity index (χ2v) is 8.01. The summed E-state index contributed by atoms with van der Waals surface area (Å²) in [7, 11) is 1.62. The molecule has 1 fully saturated rings. The normalized spacial score (nSPS) is 22.2. The number of ether oxygens (including phenoxy) is 1. The quantitative estimate of drug-likeness (QED) is 0.492. The molecule has 3 N–H and O–H groups in total. The standard InChI is InChI=1S/C21H24N6O2/c1-21(28)7-5-14(6-8-21)24-20-25-18-17(19(26-20)29-2)15(11-23-18)13-3-4-16-22-9-10-27(16)12-13/h3-4,9-12,14,28H,5-8H2,1-2H3,(H2,23,24,25,26)/t14-,21+. The number of aromatic nitrogens is 5. The molecular weight excluding hydrogens is 368 g/mol. The number of fused-ring (bicyclic) bond motifs is 2. The molecule has 0 spiro atoms. The van der Waals surface area contributed by atoms with Crippen LogP contribution >= 0.6 is 0 Å². The number of nitrogens with zero attached hydrogens (tertiary/aromatic N) is 4. The summed E-state index contributed by atoms with van der Waals surface area (Å²) in [5, 5.41) is 14.4. The fourth-order valence-electron chi connectivity index (χ4n) is 4.09. The van der Waals surface area contributed by atoms with Gasteiger partial charge in [-0.3, -0.25) is 0 Å². The van der Waals surface area contributed by atoms with Crippen LogP contribution in [0.1, 0.15) is 32.6 Å². The van der Waals surface area contributed by atoms with Crippen LogP contribution in [0.25, 0.3) is 27.8 Å². The molecule has 1 aliphatic rings. The van der Waals surface area contributed by atoms with Crippen molar-refractivity contribution >= 4 is 22.6 Å². The molecule has 8 heteroatoms. The van der Waals surface area contributed by atoms with Crippen molar-refractivity contribution in [3.8, 4) is 17.0 Å². The summed E-state index contributed by atoms with van der Waals surface area (Å²) in [6.45, 7) is 1.90. The van der Waals surface area contributed by atoms with E-state index in [0.29, 0.717) is 11.8 Å². The molecule has 29 heavy (non-hydrogen) atoms. The number of nitrogens with one attached hydrogen (secondary N) is 2. The van der Waals surface area contributed by atoms with Gasteiger partial charge in [-0.1, -0.05) is 0 Å². The summed E-state index contributed by atoms with van der Waals surface area (Å²) >= 11 is 0. The Balaban J connectivity index is 1.49. The first-order valence-corrected chi connectivity index (χ1v) is 9.87. The Kier molecular flexibility index (Phi) is 4.16. The maximum absolute atomic E-state index is 10.2. The monoisotopic (exact) mass is 392 g/mol. The van der Waals surface area contributed by atoms with Gasteiger partial charge in [0.1, 0.15) is 11.3 Å². The van der Waals surface area contributed by atoms with Gasteiger partial charge in [0.2, 0.25) is 11.8 Å². The van der Waals surface area contributed by atoms with Crippen LogP contribution in [-0.2, 0) is 0 Å². The van der Waals surface area contributed by atoms with Crippen molar-refractivity contribution in [2.75, 3.05) is 12.4 Å². The Labute approximate surface area is 168 Å². The van der Waals surface area contributed by atoms with E-state index in [2.05, 4.69) is 25.3 Å². The molecule has 5 rings (SSSR count). The number of H-pyrrole nitrogens is 1. The van der Waals surface area contributed by atoms with Gasteiger partial charge >= 0.3 is 0 Å². The van der Waals surface area contributed by atoms with E-state index in [1.54, 1.807) is 13.3 Å². The van der Waals surface area contributed by atoms with Gasteiger partial charge < -0.3 is 24.5 Å². The van der Waals surface area contributed by atoms with Gasteiger partial charge in [-0.15, -0.1) is 0 Å². The number of hydrogen-bond acceptors (Lipinski definition) is 6. The van der Waals surface area contributed by atoms with Crippen LogP contribution in [0.15, 0.2) is 36.9 Å². The molecule has 8 nitrogen and oxygen atoms in total. The molecule has 1 aliphatic carbocycles. The molecule has 4 heterocycles. The first-order chi connectivity index (χ1) is 14.0. The minimum Gasteiger partial charge on any atom is -0.480 e. The van der Waals surface area contributed by atoms with Crippen molar-refractivity contribution in [3.05, 3.63) is 36.9 Å². The number of hydrogen-bond donors (Lipinski definition) is 3. The van der Waals surface area contributed by atoms with Gasteiger partial charge in [0.05, 0.1) is 18.1 Å². The van der Waals surface area contributed by atoms with Crippen molar-refractivity contribution in [1.29, 1.82) is 0 Å².